The Morgan fingerprint density at radius 2 is 1.90 bits per heavy atom. The number of carbonyl (C=O) groups excluding carboxylic acids is 1. The summed E-state index contributed by atoms with van der Waals surface area (Å²) >= 11 is 5.66. The van der Waals surface area contributed by atoms with E-state index in [2.05, 4.69) is 5.32 Å². The molecule has 2 N–H and O–H groups in total. The number of nitrogens with one attached hydrogen (secondary N) is 1. The van der Waals surface area contributed by atoms with Gasteiger partial charge in [-0.25, -0.2) is 0 Å². The van der Waals surface area contributed by atoms with Gasteiger partial charge in [-0.15, -0.1) is 0 Å². The van der Waals surface area contributed by atoms with E-state index in [9.17, 15) is 22.8 Å². The van der Waals surface area contributed by atoms with Crippen LogP contribution in [0.5, 0.6) is 0 Å². The van der Waals surface area contributed by atoms with Gasteiger partial charge in [-0.3, -0.25) is 9.59 Å². The second-order valence-corrected chi connectivity index (χ2v) is 6.77. The van der Waals surface area contributed by atoms with E-state index < -0.39 is 24.1 Å². The van der Waals surface area contributed by atoms with E-state index in [0.717, 1.165) is 6.07 Å². The summed E-state index contributed by atoms with van der Waals surface area (Å²) in [5.74, 6) is -0.662. The first-order chi connectivity index (χ1) is 13.7. The molecule has 0 unspecified atom stereocenters. The first-order valence-electron chi connectivity index (χ1n) is 8.59. The summed E-state index contributed by atoms with van der Waals surface area (Å²) in [7, 11) is 0. The Bertz CT molecular complexity index is 1130. The van der Waals surface area contributed by atoms with E-state index in [1.807, 2.05) is 0 Å². The third-order valence-electron chi connectivity index (χ3n) is 4.36. The number of alkyl halides is 3. The molecule has 3 aromatic rings. The van der Waals surface area contributed by atoms with Crippen LogP contribution in [0, 0.1) is 0 Å². The molecule has 0 saturated carbocycles. The maximum atomic E-state index is 13.2. The fourth-order valence-corrected chi connectivity index (χ4v) is 3.22. The highest BCUT2D eigenvalue weighted by Gasteiger charge is 2.34. The number of nitrogens with zero attached hydrogens (tertiary/aromatic N) is 1. The second-order valence-electron chi connectivity index (χ2n) is 6.33. The molecule has 1 amide bonds. The number of rotatable bonds is 5. The molecule has 1 heterocycles. The van der Waals surface area contributed by atoms with E-state index in [1.54, 1.807) is 24.3 Å². The van der Waals surface area contributed by atoms with Gasteiger partial charge in [0.2, 0.25) is 5.91 Å². The largest absolute Gasteiger partial charge is 0.416 e. The van der Waals surface area contributed by atoms with Crippen molar-refractivity contribution in [1.82, 2.24) is 4.57 Å². The van der Waals surface area contributed by atoms with Crippen molar-refractivity contribution in [3.63, 3.8) is 0 Å². The van der Waals surface area contributed by atoms with Gasteiger partial charge in [-0.1, -0.05) is 23.7 Å². The normalized spacial score (nSPS) is 11.6. The Morgan fingerprint density at radius 1 is 1.14 bits per heavy atom. The van der Waals surface area contributed by atoms with Crippen LogP contribution < -0.4 is 10.9 Å². The van der Waals surface area contributed by atoms with Crippen molar-refractivity contribution in [1.29, 1.82) is 0 Å². The third-order valence-corrected chi connectivity index (χ3v) is 4.60. The average Bonchev–Trinajstić information content (AvgIpc) is 2.65. The van der Waals surface area contributed by atoms with E-state index in [4.69, 9.17) is 16.7 Å². The van der Waals surface area contributed by atoms with Crippen molar-refractivity contribution in [3.8, 4) is 0 Å². The second kappa shape index (κ2) is 8.26. The molecule has 1 aromatic heterocycles. The van der Waals surface area contributed by atoms with Gasteiger partial charge >= 0.3 is 6.18 Å². The molecule has 152 valence electrons. The summed E-state index contributed by atoms with van der Waals surface area (Å²) in [5.41, 5.74) is -1.21. The maximum Gasteiger partial charge on any atom is 0.416 e. The highest BCUT2D eigenvalue weighted by Crippen LogP contribution is 2.34. The smallest absolute Gasteiger partial charge is 0.395 e. The summed E-state index contributed by atoms with van der Waals surface area (Å²) in [5, 5.41) is 12.3. The highest BCUT2D eigenvalue weighted by molar-refractivity contribution is 6.30. The highest BCUT2D eigenvalue weighted by atomic mass is 35.5. The first kappa shape index (κ1) is 20.9. The summed E-state index contributed by atoms with van der Waals surface area (Å²) in [6.45, 7) is -0.0768. The lowest BCUT2D eigenvalue weighted by atomic mass is 10.0. The number of aliphatic hydroxyl groups excluding tert-OH is 1. The van der Waals surface area contributed by atoms with Crippen molar-refractivity contribution in [3.05, 3.63) is 75.2 Å². The van der Waals surface area contributed by atoms with Gasteiger partial charge in [-0.05, 0) is 35.9 Å². The minimum Gasteiger partial charge on any atom is -0.395 e. The van der Waals surface area contributed by atoms with Crippen molar-refractivity contribution < 1.29 is 23.1 Å². The molecular weight excluding hydrogens is 409 g/mol. The SMILES string of the molecule is O=C(Cc1ccc(Cl)cc1C(F)(F)F)Nc1cccc2c(=O)n(CCO)ccc12. The van der Waals surface area contributed by atoms with Crippen LogP contribution in [0.2, 0.25) is 5.02 Å². The minimum absolute atomic E-state index is 0.0744. The molecule has 0 atom stereocenters. The van der Waals surface area contributed by atoms with Gasteiger partial charge in [-0.2, -0.15) is 13.2 Å². The number of amides is 1. The van der Waals surface area contributed by atoms with Crippen LogP contribution in [-0.4, -0.2) is 22.2 Å². The van der Waals surface area contributed by atoms with E-state index in [0.29, 0.717) is 16.5 Å². The van der Waals surface area contributed by atoms with Crippen LogP contribution >= 0.6 is 11.6 Å². The quantitative estimate of drug-likeness (QED) is 0.653. The number of benzene rings is 2. The number of anilines is 1. The van der Waals surface area contributed by atoms with Crippen molar-refractivity contribution >= 4 is 34.0 Å². The molecule has 0 bridgehead atoms. The zero-order valence-corrected chi connectivity index (χ0v) is 15.7. The average molecular weight is 425 g/mol. The van der Waals surface area contributed by atoms with Crippen LogP contribution in [0.15, 0.2) is 53.5 Å². The molecule has 0 spiro atoms. The van der Waals surface area contributed by atoms with Gasteiger partial charge in [0, 0.05) is 34.2 Å². The van der Waals surface area contributed by atoms with Crippen LogP contribution in [-0.2, 0) is 23.9 Å². The number of aliphatic hydroxyl groups is 1. The molecule has 0 aliphatic rings. The number of pyridine rings is 1. The Morgan fingerprint density at radius 3 is 2.59 bits per heavy atom. The van der Waals surface area contributed by atoms with Crippen LogP contribution in [0.4, 0.5) is 18.9 Å². The van der Waals surface area contributed by atoms with Crippen LogP contribution in [0.25, 0.3) is 10.8 Å². The number of hydrogen-bond donors (Lipinski definition) is 2. The number of hydrogen-bond acceptors (Lipinski definition) is 3. The number of halogens is 4. The molecule has 0 radical (unpaired) electrons. The van der Waals surface area contributed by atoms with Gasteiger partial charge in [0.15, 0.2) is 0 Å². The van der Waals surface area contributed by atoms with Gasteiger partial charge in [0.1, 0.15) is 0 Å². The van der Waals surface area contributed by atoms with Gasteiger partial charge in [0.25, 0.3) is 5.56 Å². The number of fused-ring (bicyclic) bond motifs is 1. The van der Waals surface area contributed by atoms with Crippen LogP contribution in [0.3, 0.4) is 0 Å². The molecule has 0 fully saturated rings. The Kier molecular flexibility index (Phi) is 5.95. The Hall–Kier alpha value is -2.84. The molecule has 0 saturated heterocycles. The first-order valence-corrected chi connectivity index (χ1v) is 8.97. The Balaban J connectivity index is 1.90. The van der Waals surface area contributed by atoms with Crippen molar-refractivity contribution in [2.75, 3.05) is 11.9 Å². The van der Waals surface area contributed by atoms with Crippen molar-refractivity contribution in [2.45, 2.75) is 19.1 Å². The van der Waals surface area contributed by atoms with E-state index >= 15 is 0 Å². The summed E-state index contributed by atoms with van der Waals surface area (Å²) in [6, 6.07) is 9.54. The zero-order chi connectivity index (χ0) is 21.2. The molecule has 5 nitrogen and oxygen atoms in total. The Labute approximate surface area is 168 Å². The predicted molar refractivity (Wildman–Crippen MR) is 104 cm³/mol. The fourth-order valence-electron chi connectivity index (χ4n) is 3.05. The van der Waals surface area contributed by atoms with Gasteiger partial charge < -0.3 is 15.0 Å². The molecule has 29 heavy (non-hydrogen) atoms. The minimum atomic E-state index is -4.64. The topological polar surface area (TPSA) is 71.3 Å². The zero-order valence-electron chi connectivity index (χ0n) is 15.0. The molecule has 9 heteroatoms. The lowest BCUT2D eigenvalue weighted by Crippen LogP contribution is -2.22. The monoisotopic (exact) mass is 424 g/mol. The summed E-state index contributed by atoms with van der Waals surface area (Å²) in [4.78, 5) is 24.9. The maximum absolute atomic E-state index is 13.2. The van der Waals surface area contributed by atoms with Crippen molar-refractivity contribution in [2.24, 2.45) is 0 Å². The lowest BCUT2D eigenvalue weighted by Gasteiger charge is -2.14. The fraction of sp³-hybridized carbons (Fsp3) is 0.200. The number of carbonyl (C=O) groups is 1. The molecule has 3 rings (SSSR count). The van der Waals surface area contributed by atoms with Crippen LogP contribution in [0.1, 0.15) is 11.1 Å². The summed E-state index contributed by atoms with van der Waals surface area (Å²) in [6.07, 6.45) is -3.67. The van der Waals surface area contributed by atoms with Gasteiger partial charge in [0.05, 0.1) is 18.6 Å². The predicted octanol–water partition coefficient (Wildman–Crippen LogP) is 3.85. The molecule has 0 aliphatic carbocycles. The molecule has 2 aromatic carbocycles. The number of aromatic nitrogens is 1. The van der Waals surface area contributed by atoms with E-state index in [1.165, 1.54) is 22.9 Å². The van der Waals surface area contributed by atoms with E-state index in [-0.39, 0.29) is 29.3 Å². The standard InChI is InChI=1S/C20H16ClF3N2O3/c21-13-5-4-12(16(11-13)20(22,23)24)10-18(28)25-17-3-1-2-15-14(17)6-7-26(8-9-27)19(15)29/h1-7,11,27H,8-10H2,(H,25,28). The molecule has 0 aliphatic heterocycles. The summed E-state index contributed by atoms with van der Waals surface area (Å²) < 4.78 is 41.0. The third kappa shape index (κ3) is 4.60. The molecular formula is C20H16ClF3N2O3. The lowest BCUT2D eigenvalue weighted by molar-refractivity contribution is -0.138.